The lowest BCUT2D eigenvalue weighted by atomic mass is 9.70. The predicted octanol–water partition coefficient (Wildman–Crippen LogP) is 3.91. The molecule has 2 aliphatic rings. The van der Waals surface area contributed by atoms with Crippen LogP contribution in [0.5, 0.6) is 0 Å². The molecule has 2 saturated carbocycles. The second-order valence-corrected chi connectivity index (χ2v) is 13.6. The van der Waals surface area contributed by atoms with E-state index >= 15 is 0 Å². The van der Waals surface area contributed by atoms with Crippen LogP contribution in [-0.4, -0.2) is 32.5 Å². The van der Waals surface area contributed by atoms with Gasteiger partial charge < -0.3 is 0 Å². The Kier molecular flexibility index (Phi) is 4.62. The van der Waals surface area contributed by atoms with Gasteiger partial charge in [-0.3, -0.25) is 4.79 Å². The summed E-state index contributed by atoms with van der Waals surface area (Å²) in [5, 5.41) is 0. The van der Waals surface area contributed by atoms with Gasteiger partial charge in [-0.2, -0.15) is 8.42 Å². The summed E-state index contributed by atoms with van der Waals surface area (Å²) in [5.74, 6) is 0.824. The molecule has 2 atom stereocenters. The van der Waals surface area contributed by atoms with Crippen molar-refractivity contribution in [1.29, 1.82) is 0 Å². The maximum Gasteiger partial charge on any atom is 0.277 e. The van der Waals surface area contributed by atoms with Crippen molar-refractivity contribution in [2.24, 2.45) is 16.7 Å². The van der Waals surface area contributed by atoms with E-state index in [1.807, 2.05) is 56.7 Å². The molecule has 0 spiro atoms. The van der Waals surface area contributed by atoms with E-state index < -0.39 is 25.8 Å². The van der Waals surface area contributed by atoms with E-state index in [0.29, 0.717) is 24.5 Å². The van der Waals surface area contributed by atoms with Gasteiger partial charge in [0.1, 0.15) is 5.78 Å². The molecule has 140 valence electrons. The minimum absolute atomic E-state index is 0.108. The Balaban J connectivity index is 1.77. The Hall–Kier alpha value is -0.850. The van der Waals surface area contributed by atoms with Gasteiger partial charge in [0.05, 0.1) is 11.2 Å². The number of rotatable bonds is 6. The molecule has 0 heterocycles. The molecule has 6 heteroatoms. The number of hydrogen-bond donors (Lipinski definition) is 0. The molecule has 0 radical (unpaired) electrons. The molecule has 0 aliphatic heterocycles. The number of fused-ring (bicyclic) bond motifs is 2. The number of Topliss-reactive ketones (excluding diaryl/α,β-unsaturated/α-hetero) is 1. The van der Waals surface area contributed by atoms with Gasteiger partial charge in [-0.05, 0) is 42.2 Å². The molecule has 0 amide bonds. The molecule has 0 saturated heterocycles. The van der Waals surface area contributed by atoms with Crippen molar-refractivity contribution < 1.29 is 16.8 Å². The minimum Gasteiger partial charge on any atom is -0.299 e. The number of carbonyl (C=O) groups is 1. The Morgan fingerprint density at radius 1 is 1.16 bits per heavy atom. The highest BCUT2D eigenvalue weighted by Gasteiger charge is 2.65. The fourth-order valence-corrected chi connectivity index (χ4v) is 9.62. The first-order chi connectivity index (χ1) is 11.5. The molecule has 0 aromatic heterocycles. The normalized spacial score (nSPS) is 29.1. The monoisotopic (exact) mass is 384 g/mol. The largest absolute Gasteiger partial charge is 0.299 e. The first-order valence-corrected chi connectivity index (χ1v) is 12.8. The van der Waals surface area contributed by atoms with Crippen LogP contribution in [0.25, 0.3) is 0 Å². The van der Waals surface area contributed by atoms with Gasteiger partial charge in [0.25, 0.3) is 10.1 Å². The minimum atomic E-state index is -3.77. The molecule has 2 unspecified atom stereocenters. The highest BCUT2D eigenvalue weighted by atomic mass is 32.3. The lowest BCUT2D eigenvalue weighted by molar-refractivity contribution is -0.128. The van der Waals surface area contributed by atoms with Crippen LogP contribution < -0.4 is 0 Å². The number of benzene rings is 1. The Morgan fingerprint density at radius 2 is 1.80 bits per heavy atom. The maximum atomic E-state index is 12.9. The van der Waals surface area contributed by atoms with Crippen molar-refractivity contribution in [3.05, 3.63) is 35.9 Å². The van der Waals surface area contributed by atoms with E-state index in [4.69, 9.17) is 3.63 Å². The van der Waals surface area contributed by atoms with Gasteiger partial charge >= 0.3 is 0 Å². The summed E-state index contributed by atoms with van der Waals surface area (Å²) in [4.78, 5) is 12.6. The summed E-state index contributed by atoms with van der Waals surface area (Å²) in [6.07, 6.45) is 5.86. The predicted molar refractivity (Wildman–Crippen MR) is 103 cm³/mol. The second-order valence-electron chi connectivity index (χ2n) is 8.50. The molecule has 4 nitrogen and oxygen atoms in total. The van der Waals surface area contributed by atoms with Crippen LogP contribution in [0, 0.1) is 16.7 Å². The summed E-state index contributed by atoms with van der Waals surface area (Å²) in [6, 6.07) is 9.78. The molecule has 2 bridgehead atoms. The van der Waals surface area contributed by atoms with Gasteiger partial charge in [0, 0.05) is 12.2 Å². The van der Waals surface area contributed by atoms with E-state index in [9.17, 15) is 13.2 Å². The summed E-state index contributed by atoms with van der Waals surface area (Å²) in [7, 11) is -5.58. The van der Waals surface area contributed by atoms with Gasteiger partial charge in [0.2, 0.25) is 0 Å². The zero-order valence-corrected chi connectivity index (χ0v) is 17.1. The lowest BCUT2D eigenvalue weighted by Gasteiger charge is -2.37. The van der Waals surface area contributed by atoms with Gasteiger partial charge in [-0.15, -0.1) is 10.3 Å². The van der Waals surface area contributed by atoms with Crippen LogP contribution in [0.4, 0.5) is 0 Å². The fraction of sp³-hybridized carbons (Fsp3) is 0.632. The van der Waals surface area contributed by atoms with Crippen molar-refractivity contribution in [3.63, 3.8) is 0 Å². The van der Waals surface area contributed by atoms with Gasteiger partial charge in [-0.25, -0.2) is 3.63 Å². The van der Waals surface area contributed by atoms with Crippen molar-refractivity contribution in [2.75, 3.05) is 18.3 Å². The van der Waals surface area contributed by atoms with E-state index in [2.05, 4.69) is 0 Å². The van der Waals surface area contributed by atoms with Crippen molar-refractivity contribution in [3.8, 4) is 0 Å². The van der Waals surface area contributed by atoms with E-state index in [1.165, 1.54) is 0 Å². The summed E-state index contributed by atoms with van der Waals surface area (Å²) < 4.78 is 31.4. The molecule has 2 fully saturated rings. The average molecular weight is 385 g/mol. The highest BCUT2D eigenvalue weighted by Crippen LogP contribution is 2.64. The zero-order chi connectivity index (χ0) is 18.5. The fourth-order valence-electron chi connectivity index (χ4n) is 4.71. The molecule has 1 aromatic carbocycles. The highest BCUT2D eigenvalue weighted by molar-refractivity contribution is 8.31. The third kappa shape index (κ3) is 3.40. The molecule has 2 aliphatic carbocycles. The quantitative estimate of drug-likeness (QED) is 0.746. The van der Waals surface area contributed by atoms with Crippen LogP contribution in [0.15, 0.2) is 30.3 Å². The average Bonchev–Trinajstić information content (AvgIpc) is 2.80. The van der Waals surface area contributed by atoms with Crippen LogP contribution in [-0.2, 0) is 24.3 Å². The number of ketones is 1. The molecule has 3 rings (SSSR count). The molecular weight excluding hydrogens is 356 g/mol. The zero-order valence-electron chi connectivity index (χ0n) is 15.4. The SMILES string of the molecule is CC1(C)C2CCC1(CS(=O)(=O)OS(C)(C)Cc1ccccc1)C(=O)C2. The Bertz CT molecular complexity index is 768. The number of hydrogen-bond acceptors (Lipinski definition) is 4. The van der Waals surface area contributed by atoms with Crippen molar-refractivity contribution in [2.45, 2.75) is 38.9 Å². The summed E-state index contributed by atoms with van der Waals surface area (Å²) >= 11 is 0. The standard InChI is InChI=1S/C19H28O4S2/c1-18(2)16-10-11-19(18,17(20)12-16)14-25(21,22)23-24(3,4)13-15-8-6-5-7-9-15/h5-9,16H,10-14H2,1-4H3. The molecule has 1 aromatic rings. The topological polar surface area (TPSA) is 60.4 Å². The van der Waals surface area contributed by atoms with Gasteiger partial charge in [-0.1, -0.05) is 44.2 Å². The van der Waals surface area contributed by atoms with Crippen molar-refractivity contribution >= 4 is 26.2 Å². The second kappa shape index (κ2) is 6.10. The lowest BCUT2D eigenvalue weighted by Crippen LogP contribution is -2.42. The Morgan fingerprint density at radius 3 is 2.32 bits per heavy atom. The van der Waals surface area contributed by atoms with E-state index in [1.54, 1.807) is 0 Å². The molecule has 25 heavy (non-hydrogen) atoms. The van der Waals surface area contributed by atoms with Crippen LogP contribution in [0.1, 0.15) is 38.7 Å². The number of carbonyl (C=O) groups excluding carboxylic acids is 1. The summed E-state index contributed by atoms with van der Waals surface area (Å²) in [5.41, 5.74) is 0.0344. The smallest absolute Gasteiger partial charge is 0.277 e. The first-order valence-electron chi connectivity index (χ1n) is 8.69. The molecule has 0 N–H and O–H groups in total. The molecular formula is C19H28O4S2. The van der Waals surface area contributed by atoms with E-state index in [-0.39, 0.29) is 17.0 Å². The first kappa shape index (κ1) is 18.9. The Labute approximate surface area is 153 Å². The third-order valence-electron chi connectivity index (χ3n) is 6.21. The third-order valence-corrected chi connectivity index (χ3v) is 10.4. The van der Waals surface area contributed by atoms with Gasteiger partial charge in [0.15, 0.2) is 0 Å². The van der Waals surface area contributed by atoms with Crippen LogP contribution in [0.2, 0.25) is 0 Å². The van der Waals surface area contributed by atoms with Crippen molar-refractivity contribution in [1.82, 2.24) is 0 Å². The summed E-state index contributed by atoms with van der Waals surface area (Å²) in [6.45, 7) is 4.10. The maximum absolute atomic E-state index is 12.9. The van der Waals surface area contributed by atoms with Crippen LogP contribution >= 0.6 is 10.3 Å². The van der Waals surface area contributed by atoms with Crippen LogP contribution in [0.3, 0.4) is 0 Å². The van der Waals surface area contributed by atoms with E-state index in [0.717, 1.165) is 12.0 Å².